The first kappa shape index (κ1) is 20.1. The van der Waals surface area contributed by atoms with Crippen LogP contribution in [0.4, 0.5) is 4.39 Å². The van der Waals surface area contributed by atoms with E-state index in [9.17, 15) is 14.0 Å². The summed E-state index contributed by atoms with van der Waals surface area (Å²) in [6.45, 7) is -0.115. The first-order chi connectivity index (χ1) is 13.9. The number of nitrogens with zero attached hydrogens (tertiary/aromatic N) is 2. The van der Waals surface area contributed by atoms with Crippen LogP contribution in [-0.2, 0) is 4.79 Å². The van der Waals surface area contributed by atoms with Gasteiger partial charge in [-0.3, -0.25) is 14.7 Å². The van der Waals surface area contributed by atoms with Gasteiger partial charge in [0, 0.05) is 14.1 Å². The molecule has 0 aliphatic heterocycles. The van der Waals surface area contributed by atoms with E-state index in [0.717, 1.165) is 5.56 Å². The number of benzene rings is 2. The van der Waals surface area contributed by atoms with E-state index >= 15 is 0 Å². The quantitative estimate of drug-likeness (QED) is 0.671. The van der Waals surface area contributed by atoms with Crippen LogP contribution in [0.15, 0.2) is 36.4 Å². The number of hydrogen-bond donors (Lipinski definition) is 2. The van der Waals surface area contributed by atoms with Crippen molar-refractivity contribution in [2.24, 2.45) is 0 Å². The van der Waals surface area contributed by atoms with Gasteiger partial charge in [0.25, 0.3) is 5.91 Å². The molecule has 3 aromatic rings. The van der Waals surface area contributed by atoms with Crippen LogP contribution < -0.4 is 10.1 Å². The number of fused-ring (bicyclic) bond motifs is 1. The molecule has 0 atom stereocenters. The number of aromatic nitrogens is 2. The van der Waals surface area contributed by atoms with Gasteiger partial charge in [0.15, 0.2) is 0 Å². The summed E-state index contributed by atoms with van der Waals surface area (Å²) in [6, 6.07) is 9.39. The normalized spacial score (nSPS) is 11.0. The lowest BCUT2D eigenvalue weighted by Gasteiger charge is -2.13. The van der Waals surface area contributed by atoms with Crippen LogP contribution in [0.3, 0.4) is 0 Å². The fraction of sp³-hybridized carbons (Fsp3) is 0.190. The topological polar surface area (TPSA) is 87.3 Å². The van der Waals surface area contributed by atoms with Gasteiger partial charge in [-0.05, 0) is 35.9 Å². The number of carbonyl (C=O) groups excluding carboxylic acids is 2. The fourth-order valence-corrected chi connectivity index (χ4v) is 2.78. The van der Waals surface area contributed by atoms with Crippen molar-refractivity contribution in [3.63, 3.8) is 0 Å². The van der Waals surface area contributed by atoms with Gasteiger partial charge in [0.05, 0.1) is 35.8 Å². The summed E-state index contributed by atoms with van der Waals surface area (Å²) in [4.78, 5) is 25.7. The highest BCUT2D eigenvalue weighted by atomic mass is 19.1. The van der Waals surface area contributed by atoms with E-state index in [4.69, 9.17) is 4.74 Å². The molecule has 0 spiro atoms. The Labute approximate surface area is 167 Å². The smallest absolute Gasteiger partial charge is 0.255 e. The number of carbonyl (C=O) groups is 2. The van der Waals surface area contributed by atoms with Gasteiger partial charge in [-0.1, -0.05) is 18.2 Å². The van der Waals surface area contributed by atoms with E-state index in [1.165, 1.54) is 24.1 Å². The summed E-state index contributed by atoms with van der Waals surface area (Å²) in [6.07, 6.45) is 3.54. The van der Waals surface area contributed by atoms with Gasteiger partial charge in [0.2, 0.25) is 5.91 Å². The number of halogens is 1. The Morgan fingerprint density at radius 2 is 1.90 bits per heavy atom. The third-order valence-electron chi connectivity index (χ3n) is 4.36. The molecule has 7 nitrogen and oxygen atoms in total. The maximum atomic E-state index is 13.1. The third kappa shape index (κ3) is 4.43. The molecule has 0 bridgehead atoms. The van der Waals surface area contributed by atoms with E-state index in [2.05, 4.69) is 15.5 Å². The van der Waals surface area contributed by atoms with Gasteiger partial charge >= 0.3 is 0 Å². The highest BCUT2D eigenvalue weighted by Gasteiger charge is 2.19. The van der Waals surface area contributed by atoms with Crippen LogP contribution in [0.5, 0.6) is 5.75 Å². The average Bonchev–Trinajstić information content (AvgIpc) is 3.13. The number of methoxy groups -OCH3 is 1. The molecular formula is C21H21FN4O3. The van der Waals surface area contributed by atoms with Crippen LogP contribution in [0, 0.1) is 5.82 Å². The first-order valence-electron chi connectivity index (χ1n) is 8.87. The van der Waals surface area contributed by atoms with Gasteiger partial charge in [0.1, 0.15) is 11.6 Å². The molecule has 2 amide bonds. The SMILES string of the molecule is COc1c(C(=O)NCC(=O)N(C)C)ccc2[nH]nc(C=Cc3ccc(F)cc3)c12. The van der Waals surface area contributed by atoms with Gasteiger partial charge in [-0.15, -0.1) is 0 Å². The summed E-state index contributed by atoms with van der Waals surface area (Å²) in [7, 11) is 4.70. The molecule has 0 fully saturated rings. The number of likely N-dealkylation sites (N-methyl/N-ethyl adjacent to an activating group) is 1. The molecule has 8 heteroatoms. The van der Waals surface area contributed by atoms with Gasteiger partial charge in [-0.25, -0.2) is 4.39 Å². The van der Waals surface area contributed by atoms with E-state index < -0.39 is 5.91 Å². The maximum absolute atomic E-state index is 13.1. The molecule has 0 aliphatic carbocycles. The van der Waals surface area contributed by atoms with Crippen molar-refractivity contribution in [3.8, 4) is 5.75 Å². The molecule has 3 rings (SSSR count). The van der Waals surface area contributed by atoms with Crippen LogP contribution in [-0.4, -0.2) is 54.7 Å². The largest absolute Gasteiger partial charge is 0.495 e. The van der Waals surface area contributed by atoms with Crippen molar-refractivity contribution in [3.05, 3.63) is 59.0 Å². The summed E-state index contributed by atoms with van der Waals surface area (Å²) >= 11 is 0. The Balaban J connectivity index is 1.93. The highest BCUT2D eigenvalue weighted by molar-refractivity contribution is 6.06. The Morgan fingerprint density at radius 3 is 2.55 bits per heavy atom. The van der Waals surface area contributed by atoms with Crippen LogP contribution in [0.2, 0.25) is 0 Å². The molecule has 0 saturated heterocycles. The summed E-state index contributed by atoms with van der Waals surface area (Å²) in [5.41, 5.74) is 2.36. The van der Waals surface area contributed by atoms with Crippen LogP contribution >= 0.6 is 0 Å². The standard InChI is InChI=1S/C21H21FN4O3/c1-26(2)18(27)12-23-21(28)15-9-11-17-19(20(15)29-3)16(24-25-17)10-6-13-4-7-14(22)8-5-13/h4-11H,12H2,1-3H3,(H,23,28)(H,24,25). The summed E-state index contributed by atoms with van der Waals surface area (Å²) < 4.78 is 18.6. The molecule has 0 aliphatic rings. The Kier molecular flexibility index (Phi) is 5.92. The average molecular weight is 396 g/mol. The molecular weight excluding hydrogens is 375 g/mol. The Morgan fingerprint density at radius 1 is 1.17 bits per heavy atom. The number of amides is 2. The number of H-pyrrole nitrogens is 1. The van der Waals surface area contributed by atoms with Crippen LogP contribution in [0.1, 0.15) is 21.6 Å². The lowest BCUT2D eigenvalue weighted by Crippen LogP contribution is -2.36. The minimum Gasteiger partial charge on any atom is -0.495 e. The molecule has 1 aromatic heterocycles. The second-order valence-corrected chi connectivity index (χ2v) is 6.53. The number of aromatic amines is 1. The number of rotatable bonds is 6. The Hall–Kier alpha value is -3.68. The minimum absolute atomic E-state index is 0.115. The van der Waals surface area contributed by atoms with Gasteiger partial charge in [-0.2, -0.15) is 5.10 Å². The maximum Gasteiger partial charge on any atom is 0.255 e. The number of ether oxygens (including phenoxy) is 1. The zero-order valence-electron chi connectivity index (χ0n) is 16.3. The molecule has 1 heterocycles. The zero-order chi connectivity index (χ0) is 21.0. The molecule has 29 heavy (non-hydrogen) atoms. The molecule has 0 saturated carbocycles. The monoisotopic (exact) mass is 396 g/mol. The molecule has 2 N–H and O–H groups in total. The highest BCUT2D eigenvalue weighted by Crippen LogP contribution is 2.32. The van der Waals surface area contributed by atoms with Crippen molar-refractivity contribution >= 4 is 34.9 Å². The summed E-state index contributed by atoms with van der Waals surface area (Å²) in [5.74, 6) is -0.597. The lowest BCUT2D eigenvalue weighted by atomic mass is 10.1. The number of nitrogens with one attached hydrogen (secondary N) is 2. The van der Waals surface area contributed by atoms with Crippen molar-refractivity contribution < 1.29 is 18.7 Å². The van der Waals surface area contributed by atoms with E-state index in [1.807, 2.05) is 0 Å². The van der Waals surface area contributed by atoms with Gasteiger partial charge < -0.3 is 15.0 Å². The fourth-order valence-electron chi connectivity index (χ4n) is 2.78. The predicted octanol–water partition coefficient (Wildman–Crippen LogP) is 2.70. The van der Waals surface area contributed by atoms with E-state index in [1.54, 1.807) is 50.5 Å². The van der Waals surface area contributed by atoms with Crippen molar-refractivity contribution in [1.82, 2.24) is 20.4 Å². The van der Waals surface area contributed by atoms with Crippen molar-refractivity contribution in [2.75, 3.05) is 27.7 Å². The Bertz CT molecular complexity index is 1070. The molecule has 0 radical (unpaired) electrons. The van der Waals surface area contributed by atoms with Crippen molar-refractivity contribution in [1.29, 1.82) is 0 Å². The van der Waals surface area contributed by atoms with Crippen molar-refractivity contribution in [2.45, 2.75) is 0 Å². The number of hydrogen-bond acceptors (Lipinski definition) is 4. The summed E-state index contributed by atoms with van der Waals surface area (Å²) in [5, 5.41) is 10.4. The van der Waals surface area contributed by atoms with Crippen LogP contribution in [0.25, 0.3) is 23.1 Å². The van der Waals surface area contributed by atoms with E-state index in [0.29, 0.717) is 27.9 Å². The minimum atomic E-state index is -0.423. The lowest BCUT2D eigenvalue weighted by molar-refractivity contribution is -0.127. The third-order valence-corrected chi connectivity index (χ3v) is 4.36. The zero-order valence-corrected chi connectivity index (χ0v) is 16.3. The second-order valence-electron chi connectivity index (χ2n) is 6.53. The molecule has 150 valence electrons. The first-order valence-corrected chi connectivity index (χ1v) is 8.87. The second kappa shape index (κ2) is 8.55. The van der Waals surface area contributed by atoms with E-state index in [-0.39, 0.29) is 18.3 Å². The molecule has 2 aromatic carbocycles. The molecule has 0 unspecified atom stereocenters. The predicted molar refractivity (Wildman–Crippen MR) is 109 cm³/mol.